The minimum Gasteiger partial charge on any atom is -0.496 e. The highest BCUT2D eigenvalue weighted by atomic mass is 79.9. The smallest absolute Gasteiger partial charge is 0.170 e. The van der Waals surface area contributed by atoms with E-state index in [-0.39, 0.29) is 0 Å². The Balaban J connectivity index is 1.82. The van der Waals surface area contributed by atoms with Crippen LogP contribution < -0.4 is 15.4 Å². The van der Waals surface area contributed by atoms with Crippen molar-refractivity contribution in [3.63, 3.8) is 0 Å². The molecule has 2 aromatic carbocycles. The molecule has 0 saturated carbocycles. The molecular formula is C18H21BrN2OS. The van der Waals surface area contributed by atoms with E-state index in [1.807, 2.05) is 12.1 Å². The number of aryl methyl sites for hydroxylation is 2. The predicted octanol–water partition coefficient (Wildman–Crippen LogP) is 4.60. The summed E-state index contributed by atoms with van der Waals surface area (Å²) in [7, 11) is 1.66. The highest BCUT2D eigenvalue weighted by Gasteiger charge is 2.03. The summed E-state index contributed by atoms with van der Waals surface area (Å²) >= 11 is 8.84. The summed E-state index contributed by atoms with van der Waals surface area (Å²) in [6.07, 6.45) is 0.886. The highest BCUT2D eigenvalue weighted by Crippen LogP contribution is 2.25. The molecule has 0 aromatic heterocycles. The molecule has 2 rings (SSSR count). The number of halogens is 1. The Bertz CT molecular complexity index is 703. The zero-order chi connectivity index (χ0) is 16.8. The van der Waals surface area contributed by atoms with Crippen molar-refractivity contribution in [2.24, 2.45) is 0 Å². The second-order valence-corrected chi connectivity index (χ2v) is 6.66. The number of benzene rings is 2. The van der Waals surface area contributed by atoms with E-state index in [4.69, 9.17) is 17.0 Å². The summed E-state index contributed by atoms with van der Waals surface area (Å²) in [5.41, 5.74) is 4.76. The van der Waals surface area contributed by atoms with Crippen molar-refractivity contribution in [3.05, 3.63) is 57.6 Å². The van der Waals surface area contributed by atoms with Crippen LogP contribution in [-0.2, 0) is 6.42 Å². The van der Waals surface area contributed by atoms with Crippen molar-refractivity contribution >= 4 is 38.9 Å². The maximum atomic E-state index is 5.34. The largest absolute Gasteiger partial charge is 0.496 e. The van der Waals surface area contributed by atoms with E-state index in [1.165, 1.54) is 16.7 Å². The molecule has 0 radical (unpaired) electrons. The SMILES string of the molecule is COc1ccc(CCNC(=S)Nc2ccc(C)c(C)c2)cc1Br. The van der Waals surface area contributed by atoms with E-state index in [9.17, 15) is 0 Å². The number of ether oxygens (including phenoxy) is 1. The zero-order valence-electron chi connectivity index (χ0n) is 13.6. The van der Waals surface area contributed by atoms with Gasteiger partial charge in [0, 0.05) is 12.2 Å². The third kappa shape index (κ3) is 5.22. The molecule has 5 heteroatoms. The molecule has 0 bridgehead atoms. The summed E-state index contributed by atoms with van der Waals surface area (Å²) < 4.78 is 6.20. The molecule has 0 saturated heterocycles. The van der Waals surface area contributed by atoms with Crippen molar-refractivity contribution in [2.45, 2.75) is 20.3 Å². The summed E-state index contributed by atoms with van der Waals surface area (Å²) in [5, 5.41) is 7.09. The molecule has 0 amide bonds. The molecule has 0 fully saturated rings. The van der Waals surface area contributed by atoms with Gasteiger partial charge >= 0.3 is 0 Å². The number of rotatable bonds is 5. The van der Waals surface area contributed by atoms with Gasteiger partial charge in [-0.25, -0.2) is 0 Å². The first-order chi connectivity index (χ1) is 11.0. The molecular weight excluding hydrogens is 372 g/mol. The van der Waals surface area contributed by atoms with Crippen LogP contribution in [0, 0.1) is 13.8 Å². The van der Waals surface area contributed by atoms with Crippen LogP contribution in [0.25, 0.3) is 0 Å². The Labute approximate surface area is 151 Å². The van der Waals surface area contributed by atoms with E-state index in [1.54, 1.807) is 7.11 Å². The van der Waals surface area contributed by atoms with Crippen molar-refractivity contribution < 1.29 is 4.74 Å². The van der Waals surface area contributed by atoms with Crippen molar-refractivity contribution in [1.82, 2.24) is 5.32 Å². The quantitative estimate of drug-likeness (QED) is 0.728. The van der Waals surface area contributed by atoms with Crippen LogP contribution in [-0.4, -0.2) is 18.8 Å². The molecule has 0 atom stereocenters. The number of nitrogens with one attached hydrogen (secondary N) is 2. The van der Waals surface area contributed by atoms with Gasteiger partial charge in [0.2, 0.25) is 0 Å². The molecule has 0 heterocycles. The molecule has 23 heavy (non-hydrogen) atoms. The lowest BCUT2D eigenvalue weighted by Gasteiger charge is -2.12. The third-order valence-corrected chi connectivity index (χ3v) is 4.55. The molecule has 122 valence electrons. The summed E-state index contributed by atoms with van der Waals surface area (Å²) in [5.74, 6) is 0.841. The first kappa shape index (κ1) is 17.8. The maximum absolute atomic E-state index is 5.34. The van der Waals surface area contributed by atoms with Crippen molar-refractivity contribution in [3.8, 4) is 5.75 Å². The summed E-state index contributed by atoms with van der Waals surface area (Å²) in [6.45, 7) is 4.97. The van der Waals surface area contributed by atoms with Crippen molar-refractivity contribution in [2.75, 3.05) is 19.0 Å². The fraction of sp³-hybridized carbons (Fsp3) is 0.278. The third-order valence-electron chi connectivity index (χ3n) is 3.68. The van der Waals surface area contributed by atoms with E-state index < -0.39 is 0 Å². The standard InChI is InChI=1S/C18H21BrN2OS/c1-12-4-6-15(10-13(12)2)21-18(23)20-9-8-14-5-7-17(22-3)16(19)11-14/h4-7,10-11H,8-9H2,1-3H3,(H2,20,21,23). The van der Waals surface area contributed by atoms with Crippen molar-refractivity contribution in [1.29, 1.82) is 0 Å². The molecule has 0 aliphatic heterocycles. The number of thiocarbonyl (C=S) groups is 1. The van der Waals surface area contributed by atoms with E-state index in [0.717, 1.165) is 28.9 Å². The van der Waals surface area contributed by atoms with E-state index in [0.29, 0.717) is 5.11 Å². The van der Waals surface area contributed by atoms with Gasteiger partial charge in [-0.3, -0.25) is 0 Å². The number of hydrogen-bond acceptors (Lipinski definition) is 2. The number of hydrogen-bond donors (Lipinski definition) is 2. The minimum absolute atomic E-state index is 0.640. The van der Waals surface area contributed by atoms with Gasteiger partial charge < -0.3 is 15.4 Å². The number of methoxy groups -OCH3 is 1. The molecule has 3 nitrogen and oxygen atoms in total. The fourth-order valence-corrected chi connectivity index (χ4v) is 2.99. The highest BCUT2D eigenvalue weighted by molar-refractivity contribution is 9.10. The summed E-state index contributed by atoms with van der Waals surface area (Å²) in [6, 6.07) is 12.3. The fourth-order valence-electron chi connectivity index (χ4n) is 2.18. The molecule has 0 unspecified atom stereocenters. The molecule has 2 aromatic rings. The Morgan fingerprint density at radius 1 is 1.13 bits per heavy atom. The first-order valence-electron chi connectivity index (χ1n) is 7.44. The lowest BCUT2D eigenvalue weighted by molar-refractivity contribution is 0.412. The van der Waals surface area contributed by atoms with Crippen LogP contribution in [0.2, 0.25) is 0 Å². The van der Waals surface area contributed by atoms with E-state index in [2.05, 4.69) is 64.7 Å². The van der Waals surface area contributed by atoms with Gasteiger partial charge in [-0.1, -0.05) is 12.1 Å². The van der Waals surface area contributed by atoms with Crippen LogP contribution in [0.5, 0.6) is 5.75 Å². The zero-order valence-corrected chi connectivity index (χ0v) is 16.0. The Morgan fingerprint density at radius 2 is 1.91 bits per heavy atom. The average molecular weight is 393 g/mol. The maximum Gasteiger partial charge on any atom is 0.170 e. The predicted molar refractivity (Wildman–Crippen MR) is 105 cm³/mol. The lowest BCUT2D eigenvalue weighted by atomic mass is 10.1. The van der Waals surface area contributed by atoms with Gasteiger partial charge in [-0.2, -0.15) is 0 Å². The Morgan fingerprint density at radius 3 is 2.57 bits per heavy atom. The van der Waals surface area contributed by atoms with Gasteiger partial charge in [0.1, 0.15) is 5.75 Å². The van der Waals surface area contributed by atoms with Crippen LogP contribution in [0.15, 0.2) is 40.9 Å². The van der Waals surface area contributed by atoms with Gasteiger partial charge in [-0.05, 0) is 89.4 Å². The molecule has 0 aliphatic rings. The van der Waals surface area contributed by atoms with Gasteiger partial charge in [0.05, 0.1) is 11.6 Å². The Kier molecular flexibility index (Phi) is 6.42. The number of anilines is 1. The van der Waals surface area contributed by atoms with Gasteiger partial charge in [0.25, 0.3) is 0 Å². The average Bonchev–Trinajstić information content (AvgIpc) is 2.51. The van der Waals surface area contributed by atoms with Crippen LogP contribution >= 0.6 is 28.1 Å². The van der Waals surface area contributed by atoms with E-state index >= 15 is 0 Å². The monoisotopic (exact) mass is 392 g/mol. The molecule has 0 aliphatic carbocycles. The second-order valence-electron chi connectivity index (χ2n) is 5.40. The Hall–Kier alpha value is -1.59. The van der Waals surface area contributed by atoms with Crippen LogP contribution in [0.1, 0.15) is 16.7 Å². The van der Waals surface area contributed by atoms with Crippen LogP contribution in [0.4, 0.5) is 5.69 Å². The molecule has 0 spiro atoms. The first-order valence-corrected chi connectivity index (χ1v) is 8.64. The minimum atomic E-state index is 0.640. The van der Waals surface area contributed by atoms with Crippen LogP contribution in [0.3, 0.4) is 0 Å². The summed E-state index contributed by atoms with van der Waals surface area (Å²) in [4.78, 5) is 0. The lowest BCUT2D eigenvalue weighted by Crippen LogP contribution is -2.30. The normalized spacial score (nSPS) is 10.3. The second kappa shape index (κ2) is 8.31. The topological polar surface area (TPSA) is 33.3 Å². The van der Waals surface area contributed by atoms with Gasteiger partial charge in [-0.15, -0.1) is 0 Å². The molecule has 2 N–H and O–H groups in total. The van der Waals surface area contributed by atoms with Gasteiger partial charge in [0.15, 0.2) is 5.11 Å².